The molecule has 0 aliphatic carbocycles. The third kappa shape index (κ3) is 3.20. The molecule has 1 aliphatic heterocycles. The zero-order valence-corrected chi connectivity index (χ0v) is 14.5. The number of rotatable bonds is 2. The fourth-order valence-electron chi connectivity index (χ4n) is 3.21. The summed E-state index contributed by atoms with van der Waals surface area (Å²) in [7, 11) is 0. The number of aryl methyl sites for hydroxylation is 1. The molecule has 0 spiro atoms. The first-order valence-corrected chi connectivity index (χ1v) is 8.18. The van der Waals surface area contributed by atoms with Crippen molar-refractivity contribution in [1.29, 1.82) is 0 Å². The summed E-state index contributed by atoms with van der Waals surface area (Å²) in [6.07, 6.45) is 0. The van der Waals surface area contributed by atoms with Crippen LogP contribution < -0.4 is 10.6 Å². The molecule has 2 aromatic rings. The Bertz CT molecular complexity index is 642. The number of piperazine rings is 1. The van der Waals surface area contributed by atoms with Gasteiger partial charge in [-0.15, -0.1) is 0 Å². The Morgan fingerprint density at radius 2 is 1.65 bits per heavy atom. The van der Waals surface area contributed by atoms with E-state index in [0.29, 0.717) is 5.88 Å². The van der Waals surface area contributed by atoms with Gasteiger partial charge in [-0.2, -0.15) is 0 Å². The number of nitrogen functional groups attached to an aromatic ring is 1. The molecule has 1 aliphatic rings. The zero-order valence-electron chi connectivity index (χ0n) is 14.5. The van der Waals surface area contributed by atoms with Crippen LogP contribution in [0.4, 0.5) is 11.6 Å². The number of nitrogens with zero attached hydrogens (tertiary/aromatic N) is 3. The molecule has 1 aromatic heterocycles. The first kappa shape index (κ1) is 15.9. The van der Waals surface area contributed by atoms with E-state index in [1.165, 1.54) is 5.69 Å². The fraction of sp³-hybridized carbons (Fsp3) is 0.500. The normalized spacial score (nSPS) is 16.8. The minimum Gasteiger partial charge on any atom is -0.369 e. The number of aromatic nitrogens is 1. The Labute approximate surface area is 138 Å². The van der Waals surface area contributed by atoms with E-state index in [2.05, 4.69) is 60.0 Å². The topological polar surface area (TPSA) is 58.5 Å². The molecule has 23 heavy (non-hydrogen) atoms. The molecule has 0 bridgehead atoms. The molecular weight excluding hydrogens is 288 g/mol. The van der Waals surface area contributed by atoms with E-state index in [-0.39, 0.29) is 5.54 Å². The highest BCUT2D eigenvalue weighted by atomic mass is 16.5. The Balaban J connectivity index is 1.72. The summed E-state index contributed by atoms with van der Waals surface area (Å²) in [5, 5.41) is 3.92. The molecule has 5 nitrogen and oxygen atoms in total. The molecule has 0 unspecified atom stereocenters. The van der Waals surface area contributed by atoms with Crippen LogP contribution in [0.15, 0.2) is 28.8 Å². The van der Waals surface area contributed by atoms with Crippen molar-refractivity contribution < 1.29 is 4.52 Å². The van der Waals surface area contributed by atoms with Gasteiger partial charge in [0.1, 0.15) is 0 Å². The molecule has 5 heteroatoms. The van der Waals surface area contributed by atoms with Crippen LogP contribution in [-0.2, 0) is 0 Å². The Morgan fingerprint density at radius 3 is 2.13 bits per heavy atom. The van der Waals surface area contributed by atoms with Crippen molar-refractivity contribution in [3.8, 4) is 11.1 Å². The molecule has 0 atom stereocenters. The van der Waals surface area contributed by atoms with E-state index in [1.54, 1.807) is 0 Å². The Morgan fingerprint density at radius 1 is 1.04 bits per heavy atom. The first-order valence-electron chi connectivity index (χ1n) is 8.18. The van der Waals surface area contributed by atoms with Gasteiger partial charge in [-0.3, -0.25) is 4.90 Å². The lowest BCUT2D eigenvalue weighted by Crippen LogP contribution is -2.53. The average molecular weight is 314 g/mol. The number of benzene rings is 1. The molecule has 3 rings (SSSR count). The monoisotopic (exact) mass is 314 g/mol. The van der Waals surface area contributed by atoms with Crippen molar-refractivity contribution in [1.82, 2.24) is 10.1 Å². The standard InChI is InChI=1S/C18H26N4O/c1-13-16(17(19)23-20-13)14-5-7-15(8-6-14)21-9-11-22(12-10-21)18(2,3)4/h5-8H,9-12,19H2,1-4H3. The summed E-state index contributed by atoms with van der Waals surface area (Å²) < 4.78 is 5.05. The molecule has 1 fully saturated rings. The second-order valence-corrected chi connectivity index (χ2v) is 7.20. The minimum atomic E-state index is 0.249. The number of hydrogen-bond acceptors (Lipinski definition) is 5. The molecule has 124 valence electrons. The van der Waals surface area contributed by atoms with Crippen LogP contribution in [0.2, 0.25) is 0 Å². The summed E-state index contributed by atoms with van der Waals surface area (Å²) in [6.45, 7) is 13.1. The van der Waals surface area contributed by atoms with Crippen molar-refractivity contribution in [3.05, 3.63) is 30.0 Å². The van der Waals surface area contributed by atoms with Gasteiger partial charge < -0.3 is 15.2 Å². The molecule has 0 amide bonds. The second kappa shape index (κ2) is 5.89. The number of nitrogens with two attached hydrogens (primary N) is 1. The fourth-order valence-corrected chi connectivity index (χ4v) is 3.21. The second-order valence-electron chi connectivity index (χ2n) is 7.20. The van der Waals surface area contributed by atoms with Gasteiger partial charge in [0.15, 0.2) is 0 Å². The van der Waals surface area contributed by atoms with E-state index in [0.717, 1.165) is 43.0 Å². The summed E-state index contributed by atoms with van der Waals surface area (Å²) >= 11 is 0. The van der Waals surface area contributed by atoms with Crippen molar-refractivity contribution >= 4 is 11.6 Å². The molecule has 1 saturated heterocycles. The Kier molecular flexibility index (Phi) is 4.06. The van der Waals surface area contributed by atoms with E-state index in [4.69, 9.17) is 10.3 Å². The van der Waals surface area contributed by atoms with Gasteiger partial charge in [-0.05, 0) is 45.4 Å². The summed E-state index contributed by atoms with van der Waals surface area (Å²) in [5.41, 5.74) is 10.2. The van der Waals surface area contributed by atoms with Crippen molar-refractivity contribution in [2.24, 2.45) is 0 Å². The van der Waals surface area contributed by atoms with Gasteiger partial charge in [0.2, 0.25) is 5.88 Å². The highest BCUT2D eigenvalue weighted by Crippen LogP contribution is 2.31. The zero-order chi connectivity index (χ0) is 16.6. The third-order valence-electron chi connectivity index (χ3n) is 4.64. The van der Waals surface area contributed by atoms with Crippen LogP contribution in [-0.4, -0.2) is 41.8 Å². The predicted molar refractivity (Wildman–Crippen MR) is 94.6 cm³/mol. The highest BCUT2D eigenvalue weighted by Gasteiger charge is 2.25. The van der Waals surface area contributed by atoms with E-state index in [1.807, 2.05) is 6.92 Å². The lowest BCUT2D eigenvalue weighted by atomic mass is 10.0. The SMILES string of the molecule is Cc1noc(N)c1-c1ccc(N2CCN(C(C)(C)C)CC2)cc1. The minimum absolute atomic E-state index is 0.249. The summed E-state index contributed by atoms with van der Waals surface area (Å²) in [6, 6.07) is 8.52. The van der Waals surface area contributed by atoms with Crippen LogP contribution >= 0.6 is 0 Å². The maximum atomic E-state index is 5.87. The Hall–Kier alpha value is -2.01. The molecular formula is C18H26N4O. The summed E-state index contributed by atoms with van der Waals surface area (Å²) in [5.74, 6) is 0.383. The van der Waals surface area contributed by atoms with Gasteiger partial charge >= 0.3 is 0 Å². The van der Waals surface area contributed by atoms with Crippen LogP contribution in [0, 0.1) is 6.92 Å². The molecule has 0 saturated carbocycles. The van der Waals surface area contributed by atoms with Crippen molar-refractivity contribution in [3.63, 3.8) is 0 Å². The maximum absolute atomic E-state index is 5.87. The van der Waals surface area contributed by atoms with Crippen LogP contribution in [0.25, 0.3) is 11.1 Å². The van der Waals surface area contributed by atoms with Crippen molar-refractivity contribution in [2.75, 3.05) is 36.8 Å². The largest absolute Gasteiger partial charge is 0.369 e. The van der Waals surface area contributed by atoms with E-state index >= 15 is 0 Å². The van der Waals surface area contributed by atoms with Gasteiger partial charge in [0.25, 0.3) is 0 Å². The average Bonchev–Trinajstić information content (AvgIpc) is 2.86. The molecule has 1 aromatic carbocycles. The van der Waals surface area contributed by atoms with Gasteiger partial charge in [0.05, 0.1) is 11.3 Å². The third-order valence-corrected chi connectivity index (χ3v) is 4.64. The lowest BCUT2D eigenvalue weighted by Gasteiger charge is -2.43. The number of hydrogen-bond donors (Lipinski definition) is 1. The lowest BCUT2D eigenvalue weighted by molar-refractivity contribution is 0.128. The van der Waals surface area contributed by atoms with Gasteiger partial charge in [0, 0.05) is 37.4 Å². The quantitative estimate of drug-likeness (QED) is 0.923. The van der Waals surface area contributed by atoms with Gasteiger partial charge in [-0.25, -0.2) is 0 Å². The van der Waals surface area contributed by atoms with Gasteiger partial charge in [-0.1, -0.05) is 17.3 Å². The smallest absolute Gasteiger partial charge is 0.230 e. The highest BCUT2D eigenvalue weighted by molar-refractivity contribution is 5.76. The molecule has 0 radical (unpaired) electrons. The van der Waals surface area contributed by atoms with Crippen molar-refractivity contribution in [2.45, 2.75) is 33.2 Å². The maximum Gasteiger partial charge on any atom is 0.230 e. The molecule has 2 heterocycles. The first-order chi connectivity index (χ1) is 10.9. The van der Waals surface area contributed by atoms with Crippen LogP contribution in [0.1, 0.15) is 26.5 Å². The number of anilines is 2. The molecule has 2 N–H and O–H groups in total. The predicted octanol–water partition coefficient (Wildman–Crippen LogP) is 3.15. The van der Waals surface area contributed by atoms with E-state index < -0.39 is 0 Å². The summed E-state index contributed by atoms with van der Waals surface area (Å²) in [4.78, 5) is 4.98. The van der Waals surface area contributed by atoms with Crippen LogP contribution in [0.3, 0.4) is 0 Å². The van der Waals surface area contributed by atoms with E-state index in [9.17, 15) is 0 Å². The van der Waals surface area contributed by atoms with Crippen LogP contribution in [0.5, 0.6) is 0 Å².